The first kappa shape index (κ1) is 16.9. The summed E-state index contributed by atoms with van der Waals surface area (Å²) in [7, 11) is -0.849. The molecule has 2 nitrogen and oxygen atoms in total. The molecule has 116 valence electrons. The van der Waals surface area contributed by atoms with Gasteiger partial charge in [-0.15, -0.1) is 0 Å². The largest absolute Gasteiger partial charge is 0.349 e. The molecule has 0 fully saturated rings. The first-order valence-electron chi connectivity index (χ1n) is 7.57. The monoisotopic (exact) mass is 314 g/mol. The van der Waals surface area contributed by atoms with Crippen LogP contribution in [0.2, 0.25) is 0 Å². The molecule has 0 aliphatic heterocycles. The number of aldehydes is 1. The zero-order valence-corrected chi connectivity index (χ0v) is 14.6. The van der Waals surface area contributed by atoms with Crippen LogP contribution < -0.4 is 10.6 Å². The molecule has 2 rings (SSSR count). The van der Waals surface area contributed by atoms with Crippen LogP contribution in [0.25, 0.3) is 0 Å². The van der Waals surface area contributed by atoms with Gasteiger partial charge in [0.2, 0.25) is 0 Å². The molecule has 2 aromatic carbocycles. The molecule has 1 atom stereocenters. The van der Waals surface area contributed by atoms with Crippen LogP contribution in [0.3, 0.4) is 0 Å². The SMILES string of the molecule is Cc1cc(P(OCC(C)C)c2ccccc2)cc(C)c1C=O. The van der Waals surface area contributed by atoms with Gasteiger partial charge in [-0.1, -0.05) is 44.2 Å². The van der Waals surface area contributed by atoms with E-state index in [0.717, 1.165) is 29.6 Å². The van der Waals surface area contributed by atoms with Gasteiger partial charge in [0.15, 0.2) is 6.29 Å². The van der Waals surface area contributed by atoms with E-state index in [1.54, 1.807) is 0 Å². The van der Waals surface area contributed by atoms with Crippen molar-refractivity contribution in [1.29, 1.82) is 0 Å². The zero-order chi connectivity index (χ0) is 16.1. The quantitative estimate of drug-likeness (QED) is 0.592. The minimum atomic E-state index is -0.849. The van der Waals surface area contributed by atoms with Crippen LogP contribution in [0.1, 0.15) is 35.3 Å². The van der Waals surface area contributed by atoms with Crippen molar-refractivity contribution in [2.24, 2.45) is 5.92 Å². The van der Waals surface area contributed by atoms with E-state index in [4.69, 9.17) is 4.52 Å². The summed E-state index contributed by atoms with van der Waals surface area (Å²) in [4.78, 5) is 11.2. The molecule has 3 heteroatoms. The second-order valence-corrected chi connectivity index (χ2v) is 7.81. The van der Waals surface area contributed by atoms with E-state index in [0.29, 0.717) is 5.92 Å². The maximum absolute atomic E-state index is 11.2. The third-order valence-corrected chi connectivity index (χ3v) is 5.36. The molecule has 2 aromatic rings. The third kappa shape index (κ3) is 4.03. The smallest absolute Gasteiger partial charge is 0.150 e. The van der Waals surface area contributed by atoms with Crippen molar-refractivity contribution < 1.29 is 9.32 Å². The Labute approximate surface area is 134 Å². The molecule has 0 bridgehead atoms. The summed E-state index contributed by atoms with van der Waals surface area (Å²) in [5.41, 5.74) is 2.82. The fraction of sp³-hybridized carbons (Fsp3) is 0.316. The maximum atomic E-state index is 11.2. The van der Waals surface area contributed by atoms with Crippen molar-refractivity contribution in [2.75, 3.05) is 6.61 Å². The van der Waals surface area contributed by atoms with Gasteiger partial charge in [0.25, 0.3) is 0 Å². The molecule has 0 amide bonds. The van der Waals surface area contributed by atoms with Crippen LogP contribution in [-0.2, 0) is 4.52 Å². The van der Waals surface area contributed by atoms with Gasteiger partial charge in [0.05, 0.1) is 14.8 Å². The Hall–Kier alpha value is -1.50. The van der Waals surface area contributed by atoms with Crippen molar-refractivity contribution in [3.05, 3.63) is 59.2 Å². The maximum Gasteiger partial charge on any atom is 0.150 e. The number of benzene rings is 2. The van der Waals surface area contributed by atoms with Gasteiger partial charge in [0.1, 0.15) is 0 Å². The van der Waals surface area contributed by atoms with Crippen LogP contribution in [0, 0.1) is 19.8 Å². The molecule has 0 aliphatic carbocycles. The summed E-state index contributed by atoms with van der Waals surface area (Å²) in [5, 5.41) is 2.37. The summed E-state index contributed by atoms with van der Waals surface area (Å²) in [6.45, 7) is 9.02. The van der Waals surface area contributed by atoms with E-state index in [1.165, 1.54) is 10.6 Å². The molecule has 0 saturated carbocycles. The number of carbonyl (C=O) groups excluding carboxylic acids is 1. The minimum absolute atomic E-state index is 0.491. The van der Waals surface area contributed by atoms with E-state index < -0.39 is 8.15 Å². The van der Waals surface area contributed by atoms with Gasteiger partial charge in [-0.2, -0.15) is 0 Å². The molecule has 0 spiro atoms. The second kappa shape index (κ2) is 7.67. The Balaban J connectivity index is 2.43. The molecule has 1 unspecified atom stereocenters. The molecule has 0 aliphatic rings. The lowest BCUT2D eigenvalue weighted by Crippen LogP contribution is -2.17. The summed E-state index contributed by atoms with van der Waals surface area (Å²) < 4.78 is 6.24. The van der Waals surface area contributed by atoms with Crippen LogP contribution >= 0.6 is 8.15 Å². The Morgan fingerprint density at radius 2 is 1.64 bits per heavy atom. The number of rotatable bonds is 6. The van der Waals surface area contributed by atoms with Gasteiger partial charge in [-0.25, -0.2) is 0 Å². The van der Waals surface area contributed by atoms with E-state index in [9.17, 15) is 4.79 Å². The lowest BCUT2D eigenvalue weighted by Gasteiger charge is -2.21. The molecule has 0 aromatic heterocycles. The Morgan fingerprint density at radius 1 is 1.05 bits per heavy atom. The Morgan fingerprint density at radius 3 is 2.14 bits per heavy atom. The van der Waals surface area contributed by atoms with Gasteiger partial charge in [-0.3, -0.25) is 4.79 Å². The number of carbonyl (C=O) groups is 1. The fourth-order valence-electron chi connectivity index (χ4n) is 2.34. The molecule has 0 saturated heterocycles. The van der Waals surface area contributed by atoms with E-state index in [-0.39, 0.29) is 0 Å². The van der Waals surface area contributed by atoms with Crippen molar-refractivity contribution in [3.8, 4) is 0 Å². The predicted octanol–water partition coefficient (Wildman–Crippen LogP) is 4.14. The summed E-state index contributed by atoms with van der Waals surface area (Å²) in [6, 6.07) is 14.5. The van der Waals surface area contributed by atoms with Gasteiger partial charge < -0.3 is 4.52 Å². The van der Waals surface area contributed by atoms with Crippen LogP contribution in [0.4, 0.5) is 0 Å². The van der Waals surface area contributed by atoms with E-state index in [2.05, 4.69) is 38.1 Å². The van der Waals surface area contributed by atoms with Crippen LogP contribution in [-0.4, -0.2) is 12.9 Å². The fourth-order valence-corrected chi connectivity index (χ4v) is 4.45. The van der Waals surface area contributed by atoms with Crippen molar-refractivity contribution in [1.82, 2.24) is 0 Å². The molecule has 0 heterocycles. The second-order valence-electron chi connectivity index (χ2n) is 5.93. The standard InChI is InChI=1S/C19H23O2P/c1-14(2)13-21-22(17-8-6-5-7-9-17)18-10-15(3)19(12-20)16(4)11-18/h5-12,14H,13H2,1-4H3. The third-order valence-electron chi connectivity index (χ3n) is 3.46. The van der Waals surface area contributed by atoms with Crippen LogP contribution in [0.5, 0.6) is 0 Å². The number of hydrogen-bond acceptors (Lipinski definition) is 2. The number of hydrogen-bond donors (Lipinski definition) is 0. The molecule has 0 radical (unpaired) electrons. The first-order chi connectivity index (χ1) is 10.5. The summed E-state index contributed by atoms with van der Waals surface area (Å²) >= 11 is 0. The molecule has 22 heavy (non-hydrogen) atoms. The Bertz CT molecular complexity index is 612. The average Bonchev–Trinajstić information content (AvgIpc) is 2.48. The van der Waals surface area contributed by atoms with E-state index >= 15 is 0 Å². The number of aryl methyl sites for hydroxylation is 2. The average molecular weight is 314 g/mol. The minimum Gasteiger partial charge on any atom is -0.349 e. The molecular formula is C19H23O2P. The topological polar surface area (TPSA) is 26.3 Å². The highest BCUT2D eigenvalue weighted by atomic mass is 31.1. The summed E-state index contributed by atoms with van der Waals surface area (Å²) in [6.07, 6.45) is 0.939. The van der Waals surface area contributed by atoms with Crippen molar-refractivity contribution in [3.63, 3.8) is 0 Å². The van der Waals surface area contributed by atoms with Crippen molar-refractivity contribution in [2.45, 2.75) is 27.7 Å². The van der Waals surface area contributed by atoms with Gasteiger partial charge >= 0.3 is 0 Å². The zero-order valence-electron chi connectivity index (χ0n) is 13.7. The van der Waals surface area contributed by atoms with Gasteiger partial charge in [-0.05, 0) is 43.0 Å². The molecular weight excluding hydrogens is 291 g/mol. The first-order valence-corrected chi connectivity index (χ1v) is 8.83. The van der Waals surface area contributed by atoms with Crippen molar-refractivity contribution >= 4 is 25.0 Å². The lowest BCUT2D eigenvalue weighted by molar-refractivity contribution is 0.112. The van der Waals surface area contributed by atoms with Crippen LogP contribution in [0.15, 0.2) is 42.5 Å². The van der Waals surface area contributed by atoms with E-state index in [1.807, 2.05) is 32.0 Å². The normalized spacial score (nSPS) is 12.4. The highest BCUT2D eigenvalue weighted by Gasteiger charge is 2.18. The lowest BCUT2D eigenvalue weighted by atomic mass is 10.0. The highest BCUT2D eigenvalue weighted by molar-refractivity contribution is 7.68. The highest BCUT2D eigenvalue weighted by Crippen LogP contribution is 2.36. The molecule has 0 N–H and O–H groups in total. The van der Waals surface area contributed by atoms with Gasteiger partial charge in [0, 0.05) is 16.2 Å². The predicted molar refractivity (Wildman–Crippen MR) is 94.7 cm³/mol. The summed E-state index contributed by atoms with van der Waals surface area (Å²) in [5.74, 6) is 0.491. The Kier molecular flexibility index (Phi) is 5.88.